The number of aliphatic hydroxyl groups excluding tert-OH is 1. The number of aliphatic hydroxyl groups is 1. The molecule has 1 aliphatic heterocycles. The van der Waals surface area contributed by atoms with Crippen LogP contribution in [0.25, 0.3) is 0 Å². The molecule has 5 heteroatoms. The van der Waals surface area contributed by atoms with Crippen molar-refractivity contribution in [2.24, 2.45) is 23.2 Å². The smallest absolute Gasteiger partial charge is 0.146 e. The SMILES string of the molecule is COc1ccc2c(c1C)CC(=O)C1(C)C3CCC21OOC(C)(C)C(C)C(O)C3C. The zero-order chi connectivity index (χ0) is 21.4. The fraction of sp³-hybridized carbons (Fsp3) is 0.708. The number of hydrogen-bond donors (Lipinski definition) is 1. The molecule has 1 saturated carbocycles. The third-order valence-electron chi connectivity index (χ3n) is 8.69. The van der Waals surface area contributed by atoms with E-state index in [4.69, 9.17) is 14.5 Å². The summed E-state index contributed by atoms with van der Waals surface area (Å²) in [5.41, 5.74) is 0.732. The van der Waals surface area contributed by atoms with Gasteiger partial charge in [-0.2, -0.15) is 0 Å². The number of methoxy groups -OCH3 is 1. The van der Waals surface area contributed by atoms with Crippen LogP contribution in [0.5, 0.6) is 5.75 Å². The molecule has 2 bridgehead atoms. The Kier molecular flexibility index (Phi) is 4.69. The maximum absolute atomic E-state index is 13.7. The Morgan fingerprint density at radius 1 is 1.17 bits per heavy atom. The molecule has 1 aromatic carbocycles. The first kappa shape index (κ1) is 20.8. The molecule has 160 valence electrons. The second-order valence-electron chi connectivity index (χ2n) is 10.1. The fourth-order valence-electron chi connectivity index (χ4n) is 6.28. The van der Waals surface area contributed by atoms with Crippen LogP contribution in [0.3, 0.4) is 0 Å². The lowest BCUT2D eigenvalue weighted by molar-refractivity contribution is -0.433. The van der Waals surface area contributed by atoms with Gasteiger partial charge in [0.2, 0.25) is 0 Å². The van der Waals surface area contributed by atoms with E-state index in [9.17, 15) is 9.90 Å². The number of hydrogen-bond acceptors (Lipinski definition) is 5. The summed E-state index contributed by atoms with van der Waals surface area (Å²) in [7, 11) is 1.65. The molecular formula is C24H34O5. The second kappa shape index (κ2) is 6.53. The van der Waals surface area contributed by atoms with Crippen molar-refractivity contribution < 1.29 is 24.4 Å². The van der Waals surface area contributed by atoms with Gasteiger partial charge in [0.1, 0.15) is 22.7 Å². The summed E-state index contributed by atoms with van der Waals surface area (Å²) in [4.78, 5) is 26.2. The number of fused-ring (bicyclic) bond motifs is 1. The van der Waals surface area contributed by atoms with Crippen LogP contribution in [0.4, 0.5) is 0 Å². The second-order valence-corrected chi connectivity index (χ2v) is 10.1. The third-order valence-corrected chi connectivity index (χ3v) is 8.69. The van der Waals surface area contributed by atoms with E-state index in [2.05, 4.69) is 6.92 Å². The topological polar surface area (TPSA) is 65.0 Å². The quantitative estimate of drug-likeness (QED) is 0.716. The maximum Gasteiger partial charge on any atom is 0.146 e. The van der Waals surface area contributed by atoms with Gasteiger partial charge in [-0.25, -0.2) is 9.78 Å². The summed E-state index contributed by atoms with van der Waals surface area (Å²) < 4.78 is 5.51. The van der Waals surface area contributed by atoms with E-state index < -0.39 is 22.7 Å². The number of carbonyl (C=O) groups excluding carboxylic acids is 1. The van der Waals surface area contributed by atoms with Gasteiger partial charge in [-0.3, -0.25) is 4.79 Å². The highest BCUT2D eigenvalue weighted by atomic mass is 17.2. The van der Waals surface area contributed by atoms with Crippen LogP contribution in [-0.4, -0.2) is 29.7 Å². The Labute approximate surface area is 173 Å². The molecule has 1 N–H and O–H groups in total. The Morgan fingerprint density at radius 3 is 2.52 bits per heavy atom. The molecule has 6 unspecified atom stereocenters. The molecule has 1 aromatic rings. The average molecular weight is 403 g/mol. The lowest BCUT2D eigenvalue weighted by atomic mass is 9.56. The van der Waals surface area contributed by atoms with E-state index in [1.54, 1.807) is 7.11 Å². The van der Waals surface area contributed by atoms with Crippen molar-refractivity contribution in [3.05, 3.63) is 28.8 Å². The number of carbonyl (C=O) groups is 1. The zero-order valence-electron chi connectivity index (χ0n) is 18.7. The first-order valence-electron chi connectivity index (χ1n) is 10.8. The normalized spacial score (nSPS) is 41.0. The monoisotopic (exact) mass is 402 g/mol. The lowest BCUT2D eigenvalue weighted by Crippen LogP contribution is -2.55. The molecule has 1 saturated heterocycles. The minimum atomic E-state index is -0.853. The first-order valence-corrected chi connectivity index (χ1v) is 10.8. The lowest BCUT2D eigenvalue weighted by Gasteiger charge is -2.49. The van der Waals surface area contributed by atoms with Crippen molar-refractivity contribution in [3.63, 3.8) is 0 Å². The molecule has 0 radical (unpaired) electrons. The molecule has 2 fully saturated rings. The van der Waals surface area contributed by atoms with Gasteiger partial charge in [0.15, 0.2) is 0 Å². The van der Waals surface area contributed by atoms with Crippen molar-refractivity contribution in [2.45, 2.75) is 78.1 Å². The van der Waals surface area contributed by atoms with E-state index in [0.29, 0.717) is 12.8 Å². The van der Waals surface area contributed by atoms with Crippen molar-refractivity contribution in [1.82, 2.24) is 0 Å². The van der Waals surface area contributed by atoms with E-state index in [0.717, 1.165) is 28.9 Å². The summed E-state index contributed by atoms with van der Waals surface area (Å²) >= 11 is 0. The number of benzene rings is 1. The number of Topliss-reactive ketones (excluding diaryl/α,β-unsaturated/α-hetero) is 1. The number of ketones is 1. The molecule has 5 nitrogen and oxygen atoms in total. The molecule has 0 amide bonds. The minimum absolute atomic E-state index is 0.0282. The van der Waals surface area contributed by atoms with Gasteiger partial charge in [0.05, 0.1) is 18.6 Å². The van der Waals surface area contributed by atoms with Crippen molar-refractivity contribution in [2.75, 3.05) is 7.11 Å². The van der Waals surface area contributed by atoms with Crippen LogP contribution in [0, 0.1) is 30.1 Å². The highest BCUT2D eigenvalue weighted by Crippen LogP contribution is 2.65. The molecule has 2 aliphatic carbocycles. The summed E-state index contributed by atoms with van der Waals surface area (Å²) in [6.45, 7) is 12.0. The molecule has 4 rings (SSSR count). The molecular weight excluding hydrogens is 368 g/mol. The van der Waals surface area contributed by atoms with Gasteiger partial charge in [-0.15, -0.1) is 0 Å². The highest BCUT2D eigenvalue weighted by Gasteiger charge is 2.69. The summed E-state index contributed by atoms with van der Waals surface area (Å²) in [5.74, 6) is 0.810. The molecule has 0 aromatic heterocycles. The fourth-order valence-corrected chi connectivity index (χ4v) is 6.28. The van der Waals surface area contributed by atoms with Gasteiger partial charge < -0.3 is 9.84 Å². The number of ether oxygens (including phenoxy) is 1. The van der Waals surface area contributed by atoms with E-state index in [1.807, 2.05) is 46.8 Å². The van der Waals surface area contributed by atoms with Gasteiger partial charge in [-0.05, 0) is 75.1 Å². The van der Waals surface area contributed by atoms with Crippen LogP contribution in [-0.2, 0) is 26.6 Å². The summed E-state index contributed by atoms with van der Waals surface area (Å²) in [6, 6.07) is 4.02. The summed E-state index contributed by atoms with van der Waals surface area (Å²) in [5, 5.41) is 11.2. The van der Waals surface area contributed by atoms with E-state index in [-0.39, 0.29) is 23.5 Å². The zero-order valence-corrected chi connectivity index (χ0v) is 18.7. The Morgan fingerprint density at radius 2 is 1.86 bits per heavy atom. The minimum Gasteiger partial charge on any atom is -0.496 e. The predicted molar refractivity (Wildman–Crippen MR) is 110 cm³/mol. The standard InChI is InChI=1S/C24H34O5/c1-13-16-12-20(25)23(6)17-10-11-24(23,18(16)8-9-19(13)27-7)29-28-22(4,5)15(3)21(26)14(17)2/h8-9,14-15,17,21,26H,10-12H2,1-7H3. The van der Waals surface area contributed by atoms with Crippen LogP contribution >= 0.6 is 0 Å². The predicted octanol–water partition coefficient (Wildman–Crippen LogP) is 4.11. The third kappa shape index (κ3) is 2.53. The average Bonchev–Trinajstić information content (AvgIpc) is 3.00. The van der Waals surface area contributed by atoms with Crippen molar-refractivity contribution in [3.8, 4) is 5.75 Å². The Hall–Kier alpha value is -1.43. The molecule has 0 spiro atoms. The Bertz CT molecular complexity index is 846. The van der Waals surface area contributed by atoms with Crippen LogP contribution < -0.4 is 4.74 Å². The Balaban J connectivity index is 1.96. The molecule has 3 aliphatic rings. The molecule has 1 heterocycles. The highest BCUT2D eigenvalue weighted by molar-refractivity contribution is 5.92. The summed E-state index contributed by atoms with van der Waals surface area (Å²) in [6.07, 6.45) is 1.30. The van der Waals surface area contributed by atoms with E-state index >= 15 is 0 Å². The van der Waals surface area contributed by atoms with Gasteiger partial charge in [-0.1, -0.05) is 19.9 Å². The molecule has 6 atom stereocenters. The van der Waals surface area contributed by atoms with Gasteiger partial charge >= 0.3 is 0 Å². The largest absolute Gasteiger partial charge is 0.496 e. The first-order chi connectivity index (χ1) is 13.5. The van der Waals surface area contributed by atoms with Crippen molar-refractivity contribution in [1.29, 1.82) is 0 Å². The van der Waals surface area contributed by atoms with Gasteiger partial charge in [0, 0.05) is 12.3 Å². The van der Waals surface area contributed by atoms with Crippen LogP contribution in [0.2, 0.25) is 0 Å². The van der Waals surface area contributed by atoms with Gasteiger partial charge in [0.25, 0.3) is 0 Å². The van der Waals surface area contributed by atoms with Crippen LogP contribution in [0.15, 0.2) is 12.1 Å². The van der Waals surface area contributed by atoms with Crippen molar-refractivity contribution >= 4 is 5.78 Å². The van der Waals surface area contributed by atoms with Crippen LogP contribution in [0.1, 0.15) is 64.2 Å². The molecule has 29 heavy (non-hydrogen) atoms. The maximum atomic E-state index is 13.7. The number of rotatable bonds is 1. The van der Waals surface area contributed by atoms with E-state index in [1.165, 1.54) is 0 Å².